The van der Waals surface area contributed by atoms with Gasteiger partial charge in [0.1, 0.15) is 0 Å². The van der Waals surface area contributed by atoms with Gasteiger partial charge in [0.25, 0.3) is 0 Å². The number of carbonyl (C=O) groups is 1. The summed E-state index contributed by atoms with van der Waals surface area (Å²) < 4.78 is 0. The summed E-state index contributed by atoms with van der Waals surface area (Å²) in [5, 5.41) is 3.53. The van der Waals surface area contributed by atoms with Crippen LogP contribution < -0.4 is 5.32 Å². The maximum atomic E-state index is 12.3. The molecule has 0 radical (unpaired) electrons. The average Bonchev–Trinajstić information content (AvgIpc) is 2.46. The Kier molecular flexibility index (Phi) is 7.72. The fourth-order valence-corrected chi connectivity index (χ4v) is 2.64. The second-order valence-corrected chi connectivity index (χ2v) is 5.70. The summed E-state index contributed by atoms with van der Waals surface area (Å²) in [6.07, 6.45) is 3.53. The molecule has 1 saturated heterocycles. The standard InChI is InChI=1S/C16H25N3O.ClH/c1-18(2)13-16(20)19-11-7-6-10-15(19)17-12-14-8-4-3-5-9-14;/h3-5,8-9,15,17H,6-7,10-13H2,1-2H3;1H. The highest BCUT2D eigenvalue weighted by atomic mass is 35.5. The van der Waals surface area contributed by atoms with Gasteiger partial charge in [0.2, 0.25) is 5.91 Å². The normalized spacial score (nSPS) is 18.4. The highest BCUT2D eigenvalue weighted by Crippen LogP contribution is 2.16. The summed E-state index contributed by atoms with van der Waals surface area (Å²) in [6, 6.07) is 10.3. The predicted molar refractivity (Wildman–Crippen MR) is 88.4 cm³/mol. The van der Waals surface area contributed by atoms with Crippen LogP contribution in [0.3, 0.4) is 0 Å². The van der Waals surface area contributed by atoms with Crippen molar-refractivity contribution in [3.8, 4) is 0 Å². The van der Waals surface area contributed by atoms with E-state index in [9.17, 15) is 4.79 Å². The summed E-state index contributed by atoms with van der Waals surface area (Å²) in [7, 11) is 3.88. The van der Waals surface area contributed by atoms with E-state index in [1.807, 2.05) is 42.1 Å². The third-order valence-corrected chi connectivity index (χ3v) is 3.66. The minimum atomic E-state index is 0. The number of rotatable bonds is 5. The molecule has 1 N–H and O–H groups in total. The number of carbonyl (C=O) groups excluding carboxylic acids is 1. The predicted octanol–water partition coefficient (Wildman–Crippen LogP) is 2.10. The average molecular weight is 312 g/mol. The molecule has 4 nitrogen and oxygen atoms in total. The number of piperidine rings is 1. The molecule has 0 aliphatic carbocycles. The van der Waals surface area contributed by atoms with Gasteiger partial charge in [0, 0.05) is 13.1 Å². The van der Waals surface area contributed by atoms with E-state index in [-0.39, 0.29) is 24.5 Å². The highest BCUT2D eigenvalue weighted by Gasteiger charge is 2.26. The molecular formula is C16H26ClN3O. The molecule has 0 aromatic heterocycles. The van der Waals surface area contributed by atoms with E-state index in [4.69, 9.17) is 0 Å². The van der Waals surface area contributed by atoms with Crippen LogP contribution in [-0.2, 0) is 11.3 Å². The van der Waals surface area contributed by atoms with Gasteiger partial charge in [-0.3, -0.25) is 10.1 Å². The largest absolute Gasteiger partial charge is 0.326 e. The number of halogens is 1. The van der Waals surface area contributed by atoms with E-state index in [2.05, 4.69) is 17.4 Å². The summed E-state index contributed by atoms with van der Waals surface area (Å²) in [6.45, 7) is 2.18. The molecule has 1 atom stereocenters. The maximum absolute atomic E-state index is 12.3. The Balaban J connectivity index is 0.00000220. The molecule has 1 aliphatic rings. The van der Waals surface area contributed by atoms with Crippen LogP contribution in [0.4, 0.5) is 0 Å². The van der Waals surface area contributed by atoms with E-state index < -0.39 is 0 Å². The molecule has 1 amide bonds. The summed E-state index contributed by atoms with van der Waals surface area (Å²) in [4.78, 5) is 16.2. The lowest BCUT2D eigenvalue weighted by Crippen LogP contribution is -2.53. The number of likely N-dealkylation sites (tertiary alicyclic amines) is 1. The van der Waals surface area contributed by atoms with Crippen molar-refractivity contribution in [2.45, 2.75) is 32.0 Å². The quantitative estimate of drug-likeness (QED) is 0.904. The SMILES string of the molecule is CN(C)CC(=O)N1CCCCC1NCc1ccccc1.Cl. The Morgan fingerprint density at radius 3 is 2.67 bits per heavy atom. The number of amides is 1. The first kappa shape index (κ1) is 18.0. The van der Waals surface area contributed by atoms with Gasteiger partial charge in [-0.15, -0.1) is 12.4 Å². The van der Waals surface area contributed by atoms with Crippen LogP contribution in [0.25, 0.3) is 0 Å². The zero-order valence-corrected chi connectivity index (χ0v) is 13.7. The fourth-order valence-electron chi connectivity index (χ4n) is 2.64. The van der Waals surface area contributed by atoms with E-state index in [0.29, 0.717) is 6.54 Å². The lowest BCUT2D eigenvalue weighted by Gasteiger charge is -2.37. The van der Waals surface area contributed by atoms with Crippen molar-refractivity contribution in [3.05, 3.63) is 35.9 Å². The van der Waals surface area contributed by atoms with Crippen LogP contribution in [0.5, 0.6) is 0 Å². The van der Waals surface area contributed by atoms with Crippen LogP contribution in [-0.4, -0.2) is 49.1 Å². The Bertz CT molecular complexity index is 425. The van der Waals surface area contributed by atoms with Crippen molar-refractivity contribution in [1.82, 2.24) is 15.1 Å². The Morgan fingerprint density at radius 1 is 1.29 bits per heavy atom. The smallest absolute Gasteiger partial charge is 0.237 e. The van der Waals surface area contributed by atoms with Crippen molar-refractivity contribution < 1.29 is 4.79 Å². The summed E-state index contributed by atoms with van der Waals surface area (Å²) in [5.41, 5.74) is 1.26. The van der Waals surface area contributed by atoms with E-state index in [1.54, 1.807) is 0 Å². The molecule has 0 saturated carbocycles. The van der Waals surface area contributed by atoms with E-state index in [1.165, 1.54) is 12.0 Å². The molecule has 1 fully saturated rings. The molecule has 118 valence electrons. The minimum absolute atomic E-state index is 0. The molecule has 1 heterocycles. The topological polar surface area (TPSA) is 35.6 Å². The van der Waals surface area contributed by atoms with E-state index in [0.717, 1.165) is 25.9 Å². The molecule has 5 heteroatoms. The van der Waals surface area contributed by atoms with Crippen molar-refractivity contribution in [2.24, 2.45) is 0 Å². The fraction of sp³-hybridized carbons (Fsp3) is 0.562. The second kappa shape index (κ2) is 9.03. The second-order valence-electron chi connectivity index (χ2n) is 5.70. The van der Waals surface area contributed by atoms with Crippen molar-refractivity contribution in [2.75, 3.05) is 27.2 Å². The number of benzene rings is 1. The maximum Gasteiger partial charge on any atom is 0.237 e. The van der Waals surface area contributed by atoms with Crippen LogP contribution in [0.15, 0.2) is 30.3 Å². The molecule has 1 aromatic rings. The van der Waals surface area contributed by atoms with Gasteiger partial charge in [-0.1, -0.05) is 30.3 Å². The van der Waals surface area contributed by atoms with Gasteiger partial charge in [-0.25, -0.2) is 0 Å². The first-order chi connectivity index (χ1) is 9.66. The number of nitrogens with zero attached hydrogens (tertiary/aromatic N) is 2. The molecule has 1 aromatic carbocycles. The molecule has 0 spiro atoms. The molecule has 21 heavy (non-hydrogen) atoms. The molecule has 0 bridgehead atoms. The Morgan fingerprint density at radius 2 is 2.00 bits per heavy atom. The number of hydrogen-bond acceptors (Lipinski definition) is 3. The molecule has 1 unspecified atom stereocenters. The first-order valence-electron chi connectivity index (χ1n) is 7.38. The van der Waals surface area contributed by atoms with Gasteiger partial charge in [-0.05, 0) is 38.9 Å². The molecule has 1 aliphatic heterocycles. The summed E-state index contributed by atoms with van der Waals surface area (Å²) in [5.74, 6) is 0.222. The van der Waals surface area contributed by atoms with Gasteiger partial charge in [0.15, 0.2) is 0 Å². The monoisotopic (exact) mass is 311 g/mol. The van der Waals surface area contributed by atoms with Crippen molar-refractivity contribution in [1.29, 1.82) is 0 Å². The first-order valence-corrected chi connectivity index (χ1v) is 7.38. The third kappa shape index (κ3) is 5.65. The Hall–Kier alpha value is -1.10. The lowest BCUT2D eigenvalue weighted by molar-refractivity contribution is -0.136. The molecule has 2 rings (SSSR count). The highest BCUT2D eigenvalue weighted by molar-refractivity contribution is 5.85. The van der Waals surface area contributed by atoms with Crippen molar-refractivity contribution in [3.63, 3.8) is 0 Å². The van der Waals surface area contributed by atoms with E-state index >= 15 is 0 Å². The van der Waals surface area contributed by atoms with Crippen LogP contribution in [0, 0.1) is 0 Å². The minimum Gasteiger partial charge on any atom is -0.326 e. The zero-order valence-electron chi connectivity index (χ0n) is 12.9. The Labute approximate surface area is 133 Å². The number of nitrogens with one attached hydrogen (secondary N) is 1. The van der Waals surface area contributed by atoms with Crippen molar-refractivity contribution >= 4 is 18.3 Å². The van der Waals surface area contributed by atoms with Crippen LogP contribution in [0.1, 0.15) is 24.8 Å². The third-order valence-electron chi connectivity index (χ3n) is 3.66. The van der Waals surface area contributed by atoms with Gasteiger partial charge in [0.05, 0.1) is 12.7 Å². The lowest BCUT2D eigenvalue weighted by atomic mass is 10.1. The number of likely N-dealkylation sites (N-methyl/N-ethyl adjacent to an activating group) is 1. The van der Waals surface area contributed by atoms with Gasteiger partial charge < -0.3 is 9.80 Å². The summed E-state index contributed by atoms with van der Waals surface area (Å²) >= 11 is 0. The molecular weight excluding hydrogens is 286 g/mol. The van der Waals surface area contributed by atoms with Gasteiger partial charge >= 0.3 is 0 Å². The van der Waals surface area contributed by atoms with Gasteiger partial charge in [-0.2, -0.15) is 0 Å². The number of hydrogen-bond donors (Lipinski definition) is 1. The zero-order chi connectivity index (χ0) is 14.4. The van der Waals surface area contributed by atoms with Crippen LogP contribution >= 0.6 is 12.4 Å². The van der Waals surface area contributed by atoms with Crippen LogP contribution in [0.2, 0.25) is 0 Å².